The van der Waals surface area contributed by atoms with Gasteiger partial charge >= 0.3 is 0 Å². The van der Waals surface area contributed by atoms with Gasteiger partial charge in [-0.1, -0.05) is 25.9 Å². The van der Waals surface area contributed by atoms with Gasteiger partial charge in [0.2, 0.25) is 11.8 Å². The van der Waals surface area contributed by atoms with E-state index in [0.717, 1.165) is 17.7 Å². The molecule has 3 rings (SSSR count). The first-order chi connectivity index (χ1) is 13.3. The van der Waals surface area contributed by atoms with Crippen LogP contribution >= 0.6 is 0 Å². The van der Waals surface area contributed by atoms with Crippen molar-refractivity contribution in [2.75, 3.05) is 11.9 Å². The number of anilines is 1. The Morgan fingerprint density at radius 1 is 1.36 bits per heavy atom. The fraction of sp³-hybridized carbons (Fsp3) is 0.571. The van der Waals surface area contributed by atoms with Crippen LogP contribution in [0, 0.1) is 0 Å². The van der Waals surface area contributed by atoms with Crippen LogP contribution in [-0.2, 0) is 23.1 Å². The Labute approximate surface area is 165 Å². The third-order valence-electron chi connectivity index (χ3n) is 4.51. The van der Waals surface area contributed by atoms with Gasteiger partial charge in [-0.15, -0.1) is 0 Å². The van der Waals surface area contributed by atoms with E-state index in [4.69, 9.17) is 14.0 Å². The Morgan fingerprint density at radius 3 is 2.82 bits per heavy atom. The topological polar surface area (TPSA) is 86.5 Å². The van der Waals surface area contributed by atoms with E-state index in [1.807, 2.05) is 46.8 Å². The van der Waals surface area contributed by atoms with Crippen LogP contribution in [0.4, 0.5) is 5.69 Å². The summed E-state index contributed by atoms with van der Waals surface area (Å²) in [6.07, 6.45) is 2.54. The minimum atomic E-state index is -0.151. The highest BCUT2D eigenvalue weighted by atomic mass is 16.5. The predicted molar refractivity (Wildman–Crippen MR) is 106 cm³/mol. The van der Waals surface area contributed by atoms with E-state index in [2.05, 4.69) is 15.5 Å². The van der Waals surface area contributed by atoms with E-state index in [-0.39, 0.29) is 17.4 Å². The first-order valence-electron chi connectivity index (χ1n) is 9.85. The lowest BCUT2D eigenvalue weighted by atomic mass is 9.96. The van der Waals surface area contributed by atoms with Gasteiger partial charge in [0.1, 0.15) is 17.6 Å². The number of aryl methyl sites for hydroxylation is 1. The molecule has 1 N–H and O–H groups in total. The van der Waals surface area contributed by atoms with Gasteiger partial charge in [-0.05, 0) is 26.3 Å². The molecule has 1 aromatic heterocycles. The van der Waals surface area contributed by atoms with E-state index in [9.17, 15) is 4.79 Å². The molecular formula is C21H29N3O4. The summed E-state index contributed by atoms with van der Waals surface area (Å²) in [5.74, 6) is 2.65. The molecule has 28 heavy (non-hydrogen) atoms. The molecule has 0 spiro atoms. The van der Waals surface area contributed by atoms with Crippen molar-refractivity contribution in [1.29, 1.82) is 0 Å². The van der Waals surface area contributed by atoms with Gasteiger partial charge in [0.05, 0.1) is 12.3 Å². The van der Waals surface area contributed by atoms with Crippen LogP contribution in [0.5, 0.6) is 11.5 Å². The summed E-state index contributed by atoms with van der Waals surface area (Å²) in [5, 5.41) is 6.95. The number of ether oxygens (including phenoxy) is 2. The van der Waals surface area contributed by atoms with Crippen molar-refractivity contribution in [3.63, 3.8) is 0 Å². The van der Waals surface area contributed by atoms with Crippen molar-refractivity contribution in [2.45, 2.75) is 71.8 Å². The van der Waals surface area contributed by atoms with Gasteiger partial charge in [-0.25, -0.2) is 0 Å². The number of benzene rings is 1. The number of carbonyl (C=O) groups is 1. The largest absolute Gasteiger partial charge is 0.492 e. The van der Waals surface area contributed by atoms with Crippen molar-refractivity contribution in [3.05, 3.63) is 29.4 Å². The Bertz CT molecular complexity index is 839. The van der Waals surface area contributed by atoms with Crippen LogP contribution in [0.2, 0.25) is 0 Å². The van der Waals surface area contributed by atoms with Crippen LogP contribution in [-0.4, -0.2) is 28.8 Å². The van der Waals surface area contributed by atoms with Crippen molar-refractivity contribution in [3.8, 4) is 11.5 Å². The summed E-state index contributed by atoms with van der Waals surface area (Å²) in [6, 6.07) is 3.82. The summed E-state index contributed by atoms with van der Waals surface area (Å²) >= 11 is 0. The fourth-order valence-electron chi connectivity index (χ4n) is 3.09. The number of carbonyl (C=O) groups excluding carboxylic acids is 1. The van der Waals surface area contributed by atoms with Gasteiger partial charge in [0.25, 0.3) is 0 Å². The second-order valence-electron chi connectivity index (χ2n) is 8.19. The number of fused-ring (bicyclic) bond motifs is 1. The van der Waals surface area contributed by atoms with Crippen molar-refractivity contribution >= 4 is 11.6 Å². The molecule has 0 radical (unpaired) electrons. The maximum Gasteiger partial charge on any atom is 0.226 e. The number of rotatable bonds is 7. The van der Waals surface area contributed by atoms with Crippen LogP contribution < -0.4 is 14.8 Å². The fourth-order valence-corrected chi connectivity index (χ4v) is 3.09. The van der Waals surface area contributed by atoms with Gasteiger partial charge in [0, 0.05) is 36.3 Å². The number of aromatic nitrogens is 2. The van der Waals surface area contributed by atoms with E-state index in [1.54, 1.807) is 0 Å². The Morgan fingerprint density at radius 2 is 2.14 bits per heavy atom. The molecule has 1 aromatic carbocycles. The molecule has 1 atom stereocenters. The minimum absolute atomic E-state index is 0.0810. The molecule has 7 nitrogen and oxygen atoms in total. The highest BCUT2D eigenvalue weighted by molar-refractivity contribution is 5.92. The molecule has 0 bridgehead atoms. The Balaban J connectivity index is 1.57. The van der Waals surface area contributed by atoms with Crippen LogP contribution in [0.25, 0.3) is 0 Å². The second-order valence-corrected chi connectivity index (χ2v) is 8.19. The van der Waals surface area contributed by atoms with Gasteiger partial charge < -0.3 is 19.3 Å². The molecular weight excluding hydrogens is 358 g/mol. The molecule has 7 heteroatoms. The van der Waals surface area contributed by atoms with Crippen LogP contribution in [0.15, 0.2) is 16.7 Å². The molecule has 1 aliphatic rings. The molecule has 0 saturated carbocycles. The Kier molecular flexibility index (Phi) is 5.91. The number of hydrogen-bond donors (Lipinski definition) is 1. The average Bonchev–Trinajstić information content (AvgIpc) is 3.21. The molecule has 1 unspecified atom stereocenters. The van der Waals surface area contributed by atoms with E-state index >= 15 is 0 Å². The highest BCUT2D eigenvalue weighted by Gasteiger charge is 2.23. The molecule has 0 saturated heterocycles. The second kappa shape index (κ2) is 8.20. The summed E-state index contributed by atoms with van der Waals surface area (Å²) in [7, 11) is 0. The Hall–Kier alpha value is -2.57. The molecule has 1 amide bonds. The smallest absolute Gasteiger partial charge is 0.226 e. The zero-order chi connectivity index (χ0) is 20.3. The average molecular weight is 387 g/mol. The minimum Gasteiger partial charge on any atom is -0.492 e. The van der Waals surface area contributed by atoms with Crippen molar-refractivity contribution < 1.29 is 18.8 Å². The lowest BCUT2D eigenvalue weighted by Crippen LogP contribution is -2.14. The lowest BCUT2D eigenvalue weighted by Gasteiger charge is -2.13. The number of nitrogens with one attached hydrogen (secondary N) is 1. The normalized spacial score (nSPS) is 15.8. The number of hydrogen-bond acceptors (Lipinski definition) is 6. The molecule has 2 heterocycles. The molecule has 0 aliphatic carbocycles. The first kappa shape index (κ1) is 20.2. The molecule has 2 aromatic rings. The summed E-state index contributed by atoms with van der Waals surface area (Å²) in [4.78, 5) is 16.8. The summed E-state index contributed by atoms with van der Waals surface area (Å²) < 4.78 is 16.8. The van der Waals surface area contributed by atoms with Crippen LogP contribution in [0.1, 0.15) is 64.7 Å². The quantitative estimate of drug-likeness (QED) is 0.771. The monoisotopic (exact) mass is 387 g/mol. The standard InChI is InChI=1S/C21H29N3O4/c1-6-26-17-11-14-10-13(2)27-16(14)12-15(17)22-18(25)8-7-9-19-23-20(24-28-19)21(3,4)5/h11-13H,6-10H2,1-5H3,(H,22,25). The lowest BCUT2D eigenvalue weighted by molar-refractivity contribution is -0.116. The van der Waals surface area contributed by atoms with Gasteiger partial charge in [0.15, 0.2) is 5.82 Å². The SMILES string of the molecule is CCOc1cc2c(cc1NC(=O)CCCc1nc(C(C)(C)C)no1)OC(C)C2. The van der Waals surface area contributed by atoms with Crippen molar-refractivity contribution in [2.24, 2.45) is 0 Å². The maximum atomic E-state index is 12.4. The zero-order valence-corrected chi connectivity index (χ0v) is 17.3. The van der Waals surface area contributed by atoms with E-state index in [0.29, 0.717) is 49.0 Å². The predicted octanol–water partition coefficient (Wildman–Crippen LogP) is 4.05. The number of amides is 1. The van der Waals surface area contributed by atoms with Crippen LogP contribution in [0.3, 0.4) is 0 Å². The zero-order valence-electron chi connectivity index (χ0n) is 17.3. The third kappa shape index (κ3) is 4.82. The number of nitrogens with zero attached hydrogens (tertiary/aromatic N) is 2. The molecule has 152 valence electrons. The highest BCUT2D eigenvalue weighted by Crippen LogP contribution is 2.38. The van der Waals surface area contributed by atoms with Crippen molar-refractivity contribution in [1.82, 2.24) is 10.1 Å². The summed E-state index contributed by atoms with van der Waals surface area (Å²) in [5.41, 5.74) is 1.61. The van der Waals surface area contributed by atoms with E-state index < -0.39 is 0 Å². The van der Waals surface area contributed by atoms with Gasteiger partial charge in [-0.3, -0.25) is 4.79 Å². The van der Waals surface area contributed by atoms with E-state index in [1.165, 1.54) is 0 Å². The summed E-state index contributed by atoms with van der Waals surface area (Å²) in [6.45, 7) is 10.6. The third-order valence-corrected chi connectivity index (χ3v) is 4.51. The maximum absolute atomic E-state index is 12.4. The molecule has 0 fully saturated rings. The first-order valence-corrected chi connectivity index (χ1v) is 9.85. The van der Waals surface area contributed by atoms with Gasteiger partial charge in [-0.2, -0.15) is 4.98 Å². The molecule has 1 aliphatic heterocycles.